The Morgan fingerprint density at radius 1 is 1.13 bits per heavy atom. The fraction of sp³-hybridized carbons (Fsp3) is 0.0625. The molecule has 0 radical (unpaired) electrons. The Labute approximate surface area is 134 Å². The summed E-state index contributed by atoms with van der Waals surface area (Å²) >= 11 is 0. The molecular formula is C16H19N5O2. The van der Waals surface area contributed by atoms with Gasteiger partial charge in [-0.1, -0.05) is 6.07 Å². The van der Waals surface area contributed by atoms with E-state index in [1.54, 1.807) is 49.6 Å². The molecule has 0 heterocycles. The molecule has 7 heteroatoms. The summed E-state index contributed by atoms with van der Waals surface area (Å²) in [4.78, 5) is 12.3. The number of nitrogens with one attached hydrogen (secondary N) is 2. The van der Waals surface area contributed by atoms with E-state index in [9.17, 15) is 4.79 Å². The highest BCUT2D eigenvalue weighted by atomic mass is 16.5. The number of methoxy groups -OCH3 is 1. The van der Waals surface area contributed by atoms with Gasteiger partial charge in [0.1, 0.15) is 5.75 Å². The minimum absolute atomic E-state index is 0.282. The SMILES string of the molecule is COc1ccc(C(=O)Nc2cc(/C(=C/N)NN)ccc2N)cc1. The second-order valence-electron chi connectivity index (χ2n) is 4.71. The molecule has 0 aliphatic rings. The number of nitrogens with two attached hydrogens (primary N) is 3. The first-order valence-electron chi connectivity index (χ1n) is 6.83. The van der Waals surface area contributed by atoms with E-state index in [1.165, 1.54) is 6.20 Å². The Hall–Kier alpha value is -3.19. The van der Waals surface area contributed by atoms with E-state index in [0.717, 1.165) is 0 Å². The topological polar surface area (TPSA) is 128 Å². The van der Waals surface area contributed by atoms with Crippen LogP contribution in [0.5, 0.6) is 5.75 Å². The predicted octanol–water partition coefficient (Wildman–Crippen LogP) is 1.25. The quantitative estimate of drug-likeness (QED) is 0.321. The molecule has 0 spiro atoms. The Morgan fingerprint density at radius 3 is 2.35 bits per heavy atom. The molecular weight excluding hydrogens is 294 g/mol. The molecule has 0 unspecified atom stereocenters. The second kappa shape index (κ2) is 7.19. The summed E-state index contributed by atoms with van der Waals surface area (Å²) in [5, 5.41) is 2.77. The van der Waals surface area contributed by atoms with E-state index in [4.69, 9.17) is 22.0 Å². The van der Waals surface area contributed by atoms with Crippen LogP contribution in [0.1, 0.15) is 15.9 Å². The monoisotopic (exact) mass is 313 g/mol. The molecule has 2 rings (SSSR count). The molecule has 0 aliphatic heterocycles. The van der Waals surface area contributed by atoms with E-state index in [-0.39, 0.29) is 5.91 Å². The number of carbonyl (C=O) groups is 1. The number of ether oxygens (including phenoxy) is 1. The van der Waals surface area contributed by atoms with Crippen molar-refractivity contribution in [3.8, 4) is 5.75 Å². The van der Waals surface area contributed by atoms with Crippen LogP contribution < -0.4 is 32.8 Å². The molecule has 2 aromatic carbocycles. The van der Waals surface area contributed by atoms with Gasteiger partial charge in [0.15, 0.2) is 0 Å². The summed E-state index contributed by atoms with van der Waals surface area (Å²) < 4.78 is 5.06. The zero-order valence-corrected chi connectivity index (χ0v) is 12.7. The zero-order valence-electron chi connectivity index (χ0n) is 12.7. The summed E-state index contributed by atoms with van der Waals surface area (Å²) in [6.07, 6.45) is 1.33. The minimum Gasteiger partial charge on any atom is -0.497 e. The minimum atomic E-state index is -0.282. The lowest BCUT2D eigenvalue weighted by atomic mass is 10.1. The standard InChI is InChI=1S/C16H19N5O2/c1-23-12-5-2-10(3-6-12)16(22)20-14-8-11(4-7-13(14)18)15(9-17)21-19/h2-9,21H,17-19H2,1H3,(H,20,22)/b15-9-. The first-order chi connectivity index (χ1) is 11.1. The van der Waals surface area contributed by atoms with Crippen molar-refractivity contribution in [3.63, 3.8) is 0 Å². The molecule has 0 fully saturated rings. The van der Waals surface area contributed by atoms with Gasteiger partial charge >= 0.3 is 0 Å². The lowest BCUT2D eigenvalue weighted by Crippen LogP contribution is -2.21. The number of anilines is 2. The van der Waals surface area contributed by atoms with Gasteiger partial charge in [-0.2, -0.15) is 0 Å². The lowest BCUT2D eigenvalue weighted by molar-refractivity contribution is 0.102. The van der Waals surface area contributed by atoms with Gasteiger partial charge in [0, 0.05) is 17.3 Å². The van der Waals surface area contributed by atoms with Crippen molar-refractivity contribution in [2.24, 2.45) is 11.6 Å². The molecule has 7 nitrogen and oxygen atoms in total. The second-order valence-corrected chi connectivity index (χ2v) is 4.71. The third-order valence-corrected chi connectivity index (χ3v) is 3.29. The predicted molar refractivity (Wildman–Crippen MR) is 91.3 cm³/mol. The normalized spacial score (nSPS) is 11.0. The summed E-state index contributed by atoms with van der Waals surface area (Å²) in [5.41, 5.74) is 16.5. The highest BCUT2D eigenvalue weighted by molar-refractivity contribution is 6.06. The van der Waals surface area contributed by atoms with Gasteiger partial charge < -0.3 is 26.9 Å². The van der Waals surface area contributed by atoms with Crippen molar-refractivity contribution in [1.29, 1.82) is 0 Å². The summed E-state index contributed by atoms with van der Waals surface area (Å²) in [7, 11) is 1.56. The van der Waals surface area contributed by atoms with Crippen LogP contribution in [0.15, 0.2) is 48.7 Å². The van der Waals surface area contributed by atoms with Gasteiger partial charge in [-0.15, -0.1) is 0 Å². The van der Waals surface area contributed by atoms with Crippen LogP contribution in [-0.2, 0) is 0 Å². The van der Waals surface area contributed by atoms with E-state index in [0.29, 0.717) is 33.9 Å². The van der Waals surface area contributed by atoms with Gasteiger partial charge in [0.05, 0.1) is 24.2 Å². The molecule has 8 N–H and O–H groups in total. The molecule has 1 amide bonds. The van der Waals surface area contributed by atoms with E-state index >= 15 is 0 Å². The number of rotatable bonds is 5. The molecule has 0 bridgehead atoms. The van der Waals surface area contributed by atoms with Gasteiger partial charge in [-0.3, -0.25) is 10.6 Å². The van der Waals surface area contributed by atoms with Crippen molar-refractivity contribution in [3.05, 3.63) is 59.8 Å². The fourth-order valence-corrected chi connectivity index (χ4v) is 2.00. The molecule has 120 valence electrons. The van der Waals surface area contributed by atoms with Crippen molar-refractivity contribution < 1.29 is 9.53 Å². The smallest absolute Gasteiger partial charge is 0.255 e. The largest absolute Gasteiger partial charge is 0.497 e. The van der Waals surface area contributed by atoms with Crippen molar-refractivity contribution in [2.75, 3.05) is 18.2 Å². The Bertz CT molecular complexity index is 726. The molecule has 0 aromatic heterocycles. The average Bonchev–Trinajstić information content (AvgIpc) is 2.58. The lowest BCUT2D eigenvalue weighted by Gasteiger charge is -2.12. The first-order valence-corrected chi connectivity index (χ1v) is 6.83. The van der Waals surface area contributed by atoms with Crippen LogP contribution in [-0.4, -0.2) is 13.0 Å². The molecule has 0 atom stereocenters. The summed E-state index contributed by atoms with van der Waals surface area (Å²) in [6.45, 7) is 0. The maximum Gasteiger partial charge on any atom is 0.255 e. The van der Waals surface area contributed by atoms with E-state index < -0.39 is 0 Å². The molecule has 0 aliphatic carbocycles. The van der Waals surface area contributed by atoms with Crippen LogP contribution in [0.4, 0.5) is 11.4 Å². The maximum absolute atomic E-state index is 12.3. The third-order valence-electron chi connectivity index (χ3n) is 3.29. The van der Waals surface area contributed by atoms with Gasteiger partial charge in [0.25, 0.3) is 5.91 Å². The number of hydrazine groups is 1. The van der Waals surface area contributed by atoms with E-state index in [2.05, 4.69) is 10.7 Å². The van der Waals surface area contributed by atoms with Crippen LogP contribution in [0.3, 0.4) is 0 Å². The Balaban J connectivity index is 2.24. The highest BCUT2D eigenvalue weighted by Gasteiger charge is 2.10. The summed E-state index contributed by atoms with van der Waals surface area (Å²) in [5.74, 6) is 5.79. The van der Waals surface area contributed by atoms with Crippen molar-refractivity contribution in [2.45, 2.75) is 0 Å². The zero-order chi connectivity index (χ0) is 16.8. The number of hydrogen-bond donors (Lipinski definition) is 5. The molecule has 0 saturated carbocycles. The van der Waals surface area contributed by atoms with E-state index in [1.807, 2.05) is 0 Å². The third kappa shape index (κ3) is 3.72. The van der Waals surface area contributed by atoms with Crippen LogP contribution in [0.2, 0.25) is 0 Å². The van der Waals surface area contributed by atoms with Crippen molar-refractivity contribution in [1.82, 2.24) is 5.43 Å². The average molecular weight is 313 g/mol. The van der Waals surface area contributed by atoms with Crippen molar-refractivity contribution >= 4 is 23.0 Å². The Kier molecular flexibility index (Phi) is 5.06. The first kappa shape index (κ1) is 16.2. The summed E-state index contributed by atoms with van der Waals surface area (Å²) in [6, 6.07) is 11.9. The number of hydrogen-bond acceptors (Lipinski definition) is 6. The number of benzene rings is 2. The highest BCUT2D eigenvalue weighted by Crippen LogP contribution is 2.24. The Morgan fingerprint density at radius 2 is 1.78 bits per heavy atom. The maximum atomic E-state index is 12.3. The fourth-order valence-electron chi connectivity index (χ4n) is 2.00. The van der Waals surface area contributed by atoms with Gasteiger partial charge in [0.2, 0.25) is 0 Å². The van der Waals surface area contributed by atoms with Gasteiger partial charge in [-0.25, -0.2) is 0 Å². The molecule has 2 aromatic rings. The number of nitrogen functional groups attached to an aromatic ring is 1. The number of amides is 1. The van der Waals surface area contributed by atoms with Gasteiger partial charge in [-0.05, 0) is 36.4 Å². The van der Waals surface area contributed by atoms with Crippen LogP contribution >= 0.6 is 0 Å². The molecule has 23 heavy (non-hydrogen) atoms. The molecule has 0 saturated heterocycles. The van der Waals surface area contributed by atoms with Crippen LogP contribution in [0, 0.1) is 0 Å². The van der Waals surface area contributed by atoms with Crippen LogP contribution in [0.25, 0.3) is 5.70 Å². The number of carbonyl (C=O) groups excluding carboxylic acids is 1.